The van der Waals surface area contributed by atoms with Crippen molar-refractivity contribution in [1.82, 2.24) is 9.97 Å². The zero-order chi connectivity index (χ0) is 21.5. The van der Waals surface area contributed by atoms with Crippen LogP contribution in [0.4, 0.5) is 5.82 Å². The average Bonchev–Trinajstić information content (AvgIpc) is 2.81. The van der Waals surface area contributed by atoms with Crippen LogP contribution >= 0.6 is 0 Å². The number of benzene rings is 2. The van der Waals surface area contributed by atoms with Crippen LogP contribution in [0.5, 0.6) is 28.7 Å². The molecule has 8 heteroatoms. The van der Waals surface area contributed by atoms with Gasteiger partial charge in [-0.2, -0.15) is 0 Å². The molecule has 1 heterocycles. The highest BCUT2D eigenvalue weighted by molar-refractivity contribution is 5.75. The van der Waals surface area contributed by atoms with E-state index in [2.05, 4.69) is 15.3 Å². The number of hydrogen-bond acceptors (Lipinski definition) is 8. The third-order valence-electron chi connectivity index (χ3n) is 4.51. The van der Waals surface area contributed by atoms with E-state index in [4.69, 9.17) is 23.7 Å². The summed E-state index contributed by atoms with van der Waals surface area (Å²) in [6.45, 7) is 0.504. The molecule has 0 radical (unpaired) electrons. The molecule has 2 aromatic carbocycles. The number of nitrogens with one attached hydrogen (secondary N) is 1. The van der Waals surface area contributed by atoms with E-state index in [0.717, 1.165) is 22.6 Å². The lowest BCUT2D eigenvalue weighted by atomic mass is 10.1. The van der Waals surface area contributed by atoms with E-state index in [1.54, 1.807) is 47.9 Å². The first kappa shape index (κ1) is 21.0. The van der Waals surface area contributed by atoms with Gasteiger partial charge in [-0.15, -0.1) is 0 Å². The lowest BCUT2D eigenvalue weighted by molar-refractivity contribution is 0.324. The summed E-state index contributed by atoms with van der Waals surface area (Å²) in [5.41, 5.74) is 2.42. The topological polar surface area (TPSA) is 84.0 Å². The Labute approximate surface area is 175 Å². The van der Waals surface area contributed by atoms with Crippen molar-refractivity contribution >= 4 is 5.82 Å². The first-order chi connectivity index (χ1) is 14.6. The number of rotatable bonds is 9. The van der Waals surface area contributed by atoms with Gasteiger partial charge in [-0.25, -0.2) is 4.98 Å². The van der Waals surface area contributed by atoms with Crippen molar-refractivity contribution in [1.29, 1.82) is 0 Å². The maximum absolute atomic E-state index is 5.46. The molecular weight excluding hydrogens is 386 g/mol. The van der Waals surface area contributed by atoms with Crippen molar-refractivity contribution in [3.05, 3.63) is 48.3 Å². The molecule has 0 aliphatic carbocycles. The summed E-state index contributed by atoms with van der Waals surface area (Å²) in [5, 5.41) is 3.34. The molecule has 0 spiro atoms. The van der Waals surface area contributed by atoms with Gasteiger partial charge < -0.3 is 29.0 Å². The Hall–Kier alpha value is -3.68. The molecule has 0 atom stereocenters. The van der Waals surface area contributed by atoms with Crippen LogP contribution in [0.15, 0.2) is 42.7 Å². The van der Waals surface area contributed by atoms with Crippen LogP contribution in [0.1, 0.15) is 5.56 Å². The Morgan fingerprint density at radius 3 is 1.83 bits per heavy atom. The van der Waals surface area contributed by atoms with E-state index in [-0.39, 0.29) is 0 Å². The summed E-state index contributed by atoms with van der Waals surface area (Å²) in [6.07, 6.45) is 3.27. The van der Waals surface area contributed by atoms with Crippen LogP contribution in [0.25, 0.3) is 11.3 Å². The van der Waals surface area contributed by atoms with Crippen molar-refractivity contribution in [2.24, 2.45) is 0 Å². The molecular formula is C22H25N3O5. The Morgan fingerprint density at radius 1 is 0.700 bits per heavy atom. The smallest absolute Gasteiger partial charge is 0.203 e. The minimum atomic E-state index is 0.504. The maximum atomic E-state index is 5.46. The molecule has 8 nitrogen and oxygen atoms in total. The van der Waals surface area contributed by atoms with Gasteiger partial charge >= 0.3 is 0 Å². The first-order valence-corrected chi connectivity index (χ1v) is 9.20. The van der Waals surface area contributed by atoms with Gasteiger partial charge in [0.05, 0.1) is 35.5 Å². The number of methoxy groups -OCH3 is 5. The second kappa shape index (κ2) is 9.69. The number of ether oxygens (including phenoxy) is 5. The molecule has 158 valence electrons. The third-order valence-corrected chi connectivity index (χ3v) is 4.51. The maximum Gasteiger partial charge on any atom is 0.203 e. The lowest BCUT2D eigenvalue weighted by Gasteiger charge is -2.16. The molecule has 3 aromatic rings. The quantitative estimate of drug-likeness (QED) is 0.569. The highest BCUT2D eigenvalue weighted by Crippen LogP contribution is 2.41. The van der Waals surface area contributed by atoms with E-state index < -0.39 is 0 Å². The molecule has 0 aliphatic heterocycles. The van der Waals surface area contributed by atoms with Gasteiger partial charge in [0.25, 0.3) is 0 Å². The summed E-state index contributed by atoms with van der Waals surface area (Å²) >= 11 is 0. The van der Waals surface area contributed by atoms with Gasteiger partial charge in [-0.05, 0) is 29.8 Å². The average molecular weight is 411 g/mol. The summed E-state index contributed by atoms with van der Waals surface area (Å²) in [4.78, 5) is 8.97. The zero-order valence-corrected chi connectivity index (χ0v) is 17.7. The van der Waals surface area contributed by atoms with Gasteiger partial charge in [0.2, 0.25) is 5.75 Å². The number of anilines is 1. The van der Waals surface area contributed by atoms with E-state index in [9.17, 15) is 0 Å². The Kier molecular flexibility index (Phi) is 6.79. The van der Waals surface area contributed by atoms with E-state index in [1.165, 1.54) is 0 Å². The van der Waals surface area contributed by atoms with Gasteiger partial charge in [-0.1, -0.05) is 0 Å². The molecule has 0 amide bonds. The highest BCUT2D eigenvalue weighted by Gasteiger charge is 2.17. The van der Waals surface area contributed by atoms with Crippen LogP contribution in [-0.4, -0.2) is 45.5 Å². The second-order valence-corrected chi connectivity index (χ2v) is 6.24. The molecule has 0 saturated heterocycles. The molecule has 0 fully saturated rings. The number of nitrogens with zero attached hydrogens (tertiary/aromatic N) is 2. The third kappa shape index (κ3) is 4.48. The van der Waals surface area contributed by atoms with E-state index in [0.29, 0.717) is 35.3 Å². The molecule has 30 heavy (non-hydrogen) atoms. The summed E-state index contributed by atoms with van der Waals surface area (Å²) in [6, 6.07) is 9.37. The molecule has 1 aromatic heterocycles. The van der Waals surface area contributed by atoms with Crippen LogP contribution in [0.2, 0.25) is 0 Å². The summed E-state index contributed by atoms with van der Waals surface area (Å²) < 4.78 is 27.0. The van der Waals surface area contributed by atoms with Crippen molar-refractivity contribution < 1.29 is 23.7 Å². The van der Waals surface area contributed by atoms with Crippen LogP contribution < -0.4 is 29.0 Å². The van der Waals surface area contributed by atoms with Crippen molar-refractivity contribution in [3.63, 3.8) is 0 Å². The fraction of sp³-hybridized carbons (Fsp3) is 0.273. The molecule has 0 bridgehead atoms. The summed E-state index contributed by atoms with van der Waals surface area (Å²) in [7, 11) is 7.96. The van der Waals surface area contributed by atoms with Crippen molar-refractivity contribution in [2.45, 2.75) is 6.54 Å². The SMILES string of the molecule is COc1cc(CNc2nccnc2-c2cc(OC)c(OC)c(OC)c2)cc(OC)c1. The molecule has 0 saturated carbocycles. The van der Waals surface area contributed by atoms with Crippen LogP contribution in [0, 0.1) is 0 Å². The fourth-order valence-electron chi connectivity index (χ4n) is 3.05. The molecule has 1 N–H and O–H groups in total. The van der Waals surface area contributed by atoms with Gasteiger partial charge in [0.15, 0.2) is 17.3 Å². The first-order valence-electron chi connectivity index (χ1n) is 9.20. The molecule has 3 rings (SSSR count). The fourth-order valence-corrected chi connectivity index (χ4v) is 3.05. The standard InChI is InChI=1S/C22H25N3O5/c1-26-16-8-14(9-17(12-16)27-2)13-25-22-20(23-6-7-24-22)15-10-18(28-3)21(30-5)19(11-15)29-4/h6-12H,13H2,1-5H3,(H,24,25). The summed E-state index contributed by atoms with van der Waals surface area (Å²) in [5.74, 6) is 3.66. The highest BCUT2D eigenvalue weighted by atomic mass is 16.5. The van der Waals surface area contributed by atoms with Gasteiger partial charge in [-0.3, -0.25) is 4.98 Å². The second-order valence-electron chi connectivity index (χ2n) is 6.24. The normalized spacial score (nSPS) is 10.3. The largest absolute Gasteiger partial charge is 0.497 e. The lowest BCUT2D eigenvalue weighted by Crippen LogP contribution is -2.05. The minimum absolute atomic E-state index is 0.504. The zero-order valence-electron chi connectivity index (χ0n) is 17.7. The van der Waals surface area contributed by atoms with Crippen LogP contribution in [-0.2, 0) is 6.54 Å². The Morgan fingerprint density at radius 2 is 1.30 bits per heavy atom. The minimum Gasteiger partial charge on any atom is -0.497 e. The Bertz CT molecular complexity index is 963. The van der Waals surface area contributed by atoms with Gasteiger partial charge in [0.1, 0.15) is 17.2 Å². The van der Waals surface area contributed by atoms with Crippen molar-refractivity contribution in [3.8, 4) is 40.0 Å². The monoisotopic (exact) mass is 411 g/mol. The predicted molar refractivity (Wildman–Crippen MR) is 114 cm³/mol. The molecule has 0 aliphatic rings. The molecule has 0 unspecified atom stereocenters. The number of aromatic nitrogens is 2. The van der Waals surface area contributed by atoms with Gasteiger partial charge in [0, 0.05) is 30.6 Å². The van der Waals surface area contributed by atoms with E-state index >= 15 is 0 Å². The predicted octanol–water partition coefficient (Wildman–Crippen LogP) is 3.80. The van der Waals surface area contributed by atoms with E-state index in [1.807, 2.05) is 30.3 Å². The Balaban J connectivity index is 1.94. The van der Waals surface area contributed by atoms with Crippen molar-refractivity contribution in [2.75, 3.05) is 40.9 Å². The van der Waals surface area contributed by atoms with Crippen LogP contribution in [0.3, 0.4) is 0 Å². The number of hydrogen-bond donors (Lipinski definition) is 1.